The van der Waals surface area contributed by atoms with Gasteiger partial charge in [-0.1, -0.05) is 12.8 Å². The number of hydrogen-bond acceptors (Lipinski definition) is 8. The number of carbonyl (C=O) groups excluding carboxylic acids is 1. The molecule has 3 aromatic rings. The second-order valence-electron chi connectivity index (χ2n) is 10.2. The van der Waals surface area contributed by atoms with Gasteiger partial charge in [-0.2, -0.15) is 4.31 Å². The highest BCUT2D eigenvalue weighted by Gasteiger charge is 2.39. The number of benzene rings is 2. The SMILES string of the molecule is O=C(NCc1cc(-c2ccc3c(c2)OCO3)nc(NC2CCCC2)n1)[C@@H]1CCCN1S(=O)(=O)c1ccc(F)cc1. The normalized spacial score (nSPS) is 19.2. The number of nitrogens with zero attached hydrogens (tertiary/aromatic N) is 3. The van der Waals surface area contributed by atoms with Crippen molar-refractivity contribution in [1.82, 2.24) is 19.6 Å². The number of nitrogens with one attached hydrogen (secondary N) is 2. The van der Waals surface area contributed by atoms with Gasteiger partial charge in [0, 0.05) is 18.2 Å². The molecule has 0 spiro atoms. The second kappa shape index (κ2) is 11.0. The fourth-order valence-corrected chi connectivity index (χ4v) is 7.09. The maximum absolute atomic E-state index is 13.4. The molecule has 2 N–H and O–H groups in total. The maximum atomic E-state index is 13.4. The van der Waals surface area contributed by atoms with Crippen molar-refractivity contribution in [2.24, 2.45) is 0 Å². The molecular weight excluding hydrogens is 537 g/mol. The number of anilines is 1. The largest absolute Gasteiger partial charge is 0.454 e. The van der Waals surface area contributed by atoms with Crippen LogP contribution in [0.25, 0.3) is 11.3 Å². The van der Waals surface area contributed by atoms with Crippen molar-refractivity contribution < 1.29 is 27.1 Å². The third-order valence-corrected chi connectivity index (χ3v) is 9.43. The lowest BCUT2D eigenvalue weighted by atomic mass is 10.1. The smallest absolute Gasteiger partial charge is 0.243 e. The van der Waals surface area contributed by atoms with Crippen LogP contribution in [-0.4, -0.2) is 54.0 Å². The summed E-state index contributed by atoms with van der Waals surface area (Å²) in [5, 5.41) is 6.31. The molecule has 1 aliphatic carbocycles. The first kappa shape index (κ1) is 26.5. The van der Waals surface area contributed by atoms with Gasteiger partial charge in [0.05, 0.1) is 22.8 Å². The third-order valence-electron chi connectivity index (χ3n) is 7.51. The molecule has 1 saturated heterocycles. The van der Waals surface area contributed by atoms with E-state index in [-0.39, 0.29) is 30.8 Å². The van der Waals surface area contributed by atoms with Gasteiger partial charge in [0.15, 0.2) is 11.5 Å². The van der Waals surface area contributed by atoms with E-state index in [9.17, 15) is 17.6 Å². The molecule has 1 amide bonds. The number of amides is 1. The van der Waals surface area contributed by atoms with Crippen molar-refractivity contribution >= 4 is 21.9 Å². The first-order valence-corrected chi connectivity index (χ1v) is 14.9. The fourth-order valence-electron chi connectivity index (χ4n) is 5.44. The Morgan fingerprint density at radius 1 is 0.975 bits per heavy atom. The van der Waals surface area contributed by atoms with Crippen LogP contribution in [0.5, 0.6) is 11.5 Å². The lowest BCUT2D eigenvalue weighted by Gasteiger charge is -2.23. The Kier molecular flexibility index (Phi) is 7.28. The van der Waals surface area contributed by atoms with Crippen molar-refractivity contribution in [2.75, 3.05) is 18.7 Å². The van der Waals surface area contributed by atoms with Gasteiger partial charge in [-0.3, -0.25) is 4.79 Å². The van der Waals surface area contributed by atoms with Crippen LogP contribution < -0.4 is 20.1 Å². The van der Waals surface area contributed by atoms with Crippen molar-refractivity contribution in [2.45, 2.75) is 62.0 Å². The van der Waals surface area contributed by atoms with E-state index in [0.717, 1.165) is 43.4 Å². The number of aromatic nitrogens is 2. The molecule has 0 bridgehead atoms. The summed E-state index contributed by atoms with van der Waals surface area (Å²) in [7, 11) is -3.95. The monoisotopic (exact) mass is 567 g/mol. The Labute approximate surface area is 232 Å². The van der Waals surface area contributed by atoms with Crippen LogP contribution in [0.2, 0.25) is 0 Å². The Morgan fingerprint density at radius 3 is 2.55 bits per heavy atom. The van der Waals surface area contributed by atoms with Crippen LogP contribution in [0.1, 0.15) is 44.2 Å². The van der Waals surface area contributed by atoms with Crippen LogP contribution in [-0.2, 0) is 21.4 Å². The summed E-state index contributed by atoms with van der Waals surface area (Å²) in [5.74, 6) is 0.858. The second-order valence-corrected chi connectivity index (χ2v) is 12.1. The minimum absolute atomic E-state index is 0.0413. The zero-order valence-corrected chi connectivity index (χ0v) is 22.6. The van der Waals surface area contributed by atoms with E-state index in [4.69, 9.17) is 14.5 Å². The number of sulfonamides is 1. The fraction of sp³-hybridized carbons (Fsp3) is 0.393. The average molecular weight is 568 g/mol. The quantitative estimate of drug-likeness (QED) is 0.421. The number of carbonyl (C=O) groups is 1. The molecular formula is C28H30FN5O5S. The van der Waals surface area contributed by atoms with Gasteiger partial charge in [0.2, 0.25) is 28.7 Å². The van der Waals surface area contributed by atoms with Crippen LogP contribution >= 0.6 is 0 Å². The molecule has 210 valence electrons. The molecule has 6 rings (SSSR count). The topological polar surface area (TPSA) is 123 Å². The van der Waals surface area contributed by atoms with Gasteiger partial charge in [-0.15, -0.1) is 0 Å². The maximum Gasteiger partial charge on any atom is 0.243 e. The highest BCUT2D eigenvalue weighted by atomic mass is 32.2. The van der Waals surface area contributed by atoms with Crippen molar-refractivity contribution in [3.63, 3.8) is 0 Å². The Hall–Kier alpha value is -3.77. The summed E-state index contributed by atoms with van der Waals surface area (Å²) in [4.78, 5) is 22.6. The van der Waals surface area contributed by atoms with Crippen molar-refractivity contribution in [3.8, 4) is 22.8 Å². The van der Waals surface area contributed by atoms with Crippen LogP contribution in [0.15, 0.2) is 53.4 Å². The van der Waals surface area contributed by atoms with Gasteiger partial charge < -0.3 is 20.1 Å². The molecule has 12 heteroatoms. The summed E-state index contributed by atoms with van der Waals surface area (Å²) >= 11 is 0. The molecule has 2 fully saturated rings. The molecule has 40 heavy (non-hydrogen) atoms. The lowest BCUT2D eigenvalue weighted by molar-refractivity contribution is -0.124. The summed E-state index contributed by atoms with van der Waals surface area (Å²) in [6.07, 6.45) is 5.35. The molecule has 2 aromatic carbocycles. The van der Waals surface area contributed by atoms with Gasteiger partial charge in [0.25, 0.3) is 0 Å². The highest BCUT2D eigenvalue weighted by Crippen LogP contribution is 2.36. The van der Waals surface area contributed by atoms with Crippen LogP contribution in [0.4, 0.5) is 10.3 Å². The predicted molar refractivity (Wildman–Crippen MR) is 145 cm³/mol. The van der Waals surface area contributed by atoms with Crippen LogP contribution in [0, 0.1) is 5.82 Å². The van der Waals surface area contributed by atoms with Gasteiger partial charge >= 0.3 is 0 Å². The first-order chi connectivity index (χ1) is 19.4. The molecule has 1 saturated carbocycles. The predicted octanol–water partition coefficient (Wildman–Crippen LogP) is 3.84. The first-order valence-electron chi connectivity index (χ1n) is 13.5. The van der Waals surface area contributed by atoms with E-state index < -0.39 is 27.8 Å². The zero-order chi connectivity index (χ0) is 27.7. The van der Waals surface area contributed by atoms with Crippen molar-refractivity contribution in [1.29, 1.82) is 0 Å². The zero-order valence-electron chi connectivity index (χ0n) is 21.8. The van der Waals surface area contributed by atoms with Crippen LogP contribution in [0.3, 0.4) is 0 Å². The molecule has 1 aromatic heterocycles. The average Bonchev–Trinajstić information content (AvgIpc) is 3.74. The molecule has 0 unspecified atom stereocenters. The third kappa shape index (κ3) is 5.46. The summed E-state index contributed by atoms with van der Waals surface area (Å²) in [6, 6.07) is 11.5. The Balaban J connectivity index is 1.21. The van der Waals surface area contributed by atoms with E-state index in [2.05, 4.69) is 15.6 Å². The molecule has 3 heterocycles. The molecule has 3 aliphatic rings. The lowest BCUT2D eigenvalue weighted by Crippen LogP contribution is -2.45. The van der Waals surface area contributed by atoms with E-state index in [1.165, 1.54) is 16.4 Å². The standard InChI is InChI=1S/C28H30FN5O5S/c29-19-8-10-22(11-9-19)40(36,37)34-13-3-6-24(34)27(35)30-16-21-15-23(18-7-12-25-26(14-18)39-17-38-25)33-28(32-21)31-20-4-1-2-5-20/h7-12,14-15,20,24H,1-6,13,16-17H2,(H,30,35)(H,31,32,33)/t24-/m0/s1. The minimum atomic E-state index is -3.95. The minimum Gasteiger partial charge on any atom is -0.454 e. The number of rotatable bonds is 8. The van der Waals surface area contributed by atoms with E-state index in [1.807, 2.05) is 18.2 Å². The Bertz CT molecular complexity index is 1510. The number of halogens is 1. The molecule has 0 radical (unpaired) electrons. The van der Waals surface area contributed by atoms with E-state index >= 15 is 0 Å². The summed E-state index contributed by atoms with van der Waals surface area (Å²) < 4.78 is 51.9. The number of ether oxygens (including phenoxy) is 2. The number of hydrogen-bond donors (Lipinski definition) is 2. The summed E-state index contributed by atoms with van der Waals surface area (Å²) in [6.45, 7) is 0.484. The van der Waals surface area contributed by atoms with Gasteiger partial charge in [0.1, 0.15) is 11.9 Å². The number of fused-ring (bicyclic) bond motifs is 1. The van der Waals surface area contributed by atoms with Gasteiger partial charge in [-0.25, -0.2) is 22.8 Å². The van der Waals surface area contributed by atoms with E-state index in [0.29, 0.717) is 41.7 Å². The molecule has 1 atom stereocenters. The molecule has 2 aliphatic heterocycles. The summed E-state index contributed by atoms with van der Waals surface area (Å²) in [5.41, 5.74) is 2.07. The molecule has 10 nitrogen and oxygen atoms in total. The Morgan fingerprint density at radius 2 is 1.75 bits per heavy atom. The van der Waals surface area contributed by atoms with Gasteiger partial charge in [-0.05, 0) is 74.2 Å². The van der Waals surface area contributed by atoms with Crippen molar-refractivity contribution in [3.05, 3.63) is 60.0 Å². The highest BCUT2D eigenvalue weighted by molar-refractivity contribution is 7.89. The van der Waals surface area contributed by atoms with E-state index in [1.54, 1.807) is 6.07 Å².